The summed E-state index contributed by atoms with van der Waals surface area (Å²) in [4.78, 5) is 14.4. The van der Waals surface area contributed by atoms with E-state index in [1.807, 2.05) is 24.3 Å². The summed E-state index contributed by atoms with van der Waals surface area (Å²) >= 11 is 0. The van der Waals surface area contributed by atoms with Crippen molar-refractivity contribution in [2.24, 2.45) is 0 Å². The lowest BCUT2D eigenvalue weighted by molar-refractivity contribution is 0.0370. The molecule has 0 aliphatic carbocycles. The number of hydrogen-bond acceptors (Lipinski definition) is 4. The predicted molar refractivity (Wildman–Crippen MR) is 76.4 cm³/mol. The van der Waals surface area contributed by atoms with E-state index in [1.54, 1.807) is 7.11 Å². The van der Waals surface area contributed by atoms with Crippen LogP contribution < -0.4 is 4.74 Å². The minimum atomic E-state index is 0. The largest absolute Gasteiger partial charge is 0.496 e. The van der Waals surface area contributed by atoms with Crippen LogP contribution in [0.15, 0.2) is 24.3 Å². The Balaban J connectivity index is 0.00000180. The Labute approximate surface area is 120 Å². The van der Waals surface area contributed by atoms with E-state index in [4.69, 9.17) is 9.47 Å². The Hall–Kier alpha value is -1.10. The van der Waals surface area contributed by atoms with Gasteiger partial charge in [0.05, 0.1) is 25.9 Å². The van der Waals surface area contributed by atoms with Gasteiger partial charge in [-0.15, -0.1) is 12.4 Å². The fraction of sp³-hybridized carbons (Fsp3) is 0.500. The number of benzene rings is 1. The number of carbonyl (C=O) groups excluding carboxylic acids is 1. The number of ether oxygens (including phenoxy) is 2. The van der Waals surface area contributed by atoms with Crippen LogP contribution in [0.1, 0.15) is 16.8 Å². The minimum Gasteiger partial charge on any atom is -0.496 e. The minimum absolute atomic E-state index is 0. The van der Waals surface area contributed by atoms with Crippen molar-refractivity contribution in [3.8, 4) is 5.75 Å². The number of morpholine rings is 1. The first-order chi connectivity index (χ1) is 8.81. The van der Waals surface area contributed by atoms with Crippen molar-refractivity contribution in [3.63, 3.8) is 0 Å². The second-order valence-electron chi connectivity index (χ2n) is 4.33. The Bertz CT molecular complexity index is 405. The quantitative estimate of drug-likeness (QED) is 0.776. The third-order valence-corrected chi connectivity index (χ3v) is 3.17. The van der Waals surface area contributed by atoms with Crippen molar-refractivity contribution in [2.45, 2.75) is 6.42 Å². The van der Waals surface area contributed by atoms with Gasteiger partial charge in [-0.1, -0.05) is 12.1 Å². The molecule has 1 aromatic rings. The fourth-order valence-corrected chi connectivity index (χ4v) is 2.09. The normalized spacial score (nSPS) is 15.6. The van der Waals surface area contributed by atoms with Crippen molar-refractivity contribution in [2.75, 3.05) is 40.0 Å². The van der Waals surface area contributed by atoms with Crippen LogP contribution in [-0.2, 0) is 4.74 Å². The summed E-state index contributed by atoms with van der Waals surface area (Å²) in [7, 11) is 1.59. The van der Waals surface area contributed by atoms with Crippen LogP contribution >= 0.6 is 12.4 Å². The summed E-state index contributed by atoms with van der Waals surface area (Å²) < 4.78 is 10.5. The van der Waals surface area contributed by atoms with E-state index in [0.717, 1.165) is 32.8 Å². The predicted octanol–water partition coefficient (Wildman–Crippen LogP) is 2.02. The van der Waals surface area contributed by atoms with E-state index in [2.05, 4.69) is 4.90 Å². The maximum atomic E-state index is 12.1. The lowest BCUT2D eigenvalue weighted by atomic mass is 10.1. The molecule has 0 atom stereocenters. The monoisotopic (exact) mass is 285 g/mol. The highest BCUT2D eigenvalue weighted by Gasteiger charge is 2.15. The summed E-state index contributed by atoms with van der Waals surface area (Å²) in [6.45, 7) is 4.16. The molecular formula is C14H20ClNO3. The highest BCUT2D eigenvalue weighted by atomic mass is 35.5. The molecule has 0 bridgehead atoms. The van der Waals surface area contributed by atoms with E-state index in [0.29, 0.717) is 17.7 Å². The van der Waals surface area contributed by atoms with E-state index in [-0.39, 0.29) is 18.2 Å². The molecule has 19 heavy (non-hydrogen) atoms. The van der Waals surface area contributed by atoms with Crippen LogP contribution in [0.2, 0.25) is 0 Å². The average Bonchev–Trinajstić information content (AvgIpc) is 2.45. The van der Waals surface area contributed by atoms with Crippen LogP contribution in [0, 0.1) is 0 Å². The smallest absolute Gasteiger partial charge is 0.167 e. The van der Waals surface area contributed by atoms with Gasteiger partial charge in [0.15, 0.2) is 5.78 Å². The van der Waals surface area contributed by atoms with E-state index in [9.17, 15) is 4.79 Å². The summed E-state index contributed by atoms with van der Waals surface area (Å²) in [5, 5.41) is 0. The molecule has 0 spiro atoms. The molecule has 0 unspecified atom stereocenters. The first-order valence-electron chi connectivity index (χ1n) is 6.27. The molecule has 106 valence electrons. The number of nitrogens with zero attached hydrogens (tertiary/aromatic N) is 1. The van der Waals surface area contributed by atoms with Crippen LogP contribution in [-0.4, -0.2) is 50.6 Å². The zero-order valence-electron chi connectivity index (χ0n) is 11.1. The van der Waals surface area contributed by atoms with Gasteiger partial charge in [-0.2, -0.15) is 0 Å². The number of halogens is 1. The van der Waals surface area contributed by atoms with Gasteiger partial charge in [0, 0.05) is 26.1 Å². The molecule has 1 aliphatic heterocycles. The molecule has 0 aromatic heterocycles. The maximum Gasteiger partial charge on any atom is 0.167 e. The van der Waals surface area contributed by atoms with Crippen LogP contribution in [0.25, 0.3) is 0 Å². The molecule has 0 saturated carbocycles. The van der Waals surface area contributed by atoms with Gasteiger partial charge in [-0.05, 0) is 12.1 Å². The van der Waals surface area contributed by atoms with Gasteiger partial charge >= 0.3 is 0 Å². The molecule has 1 saturated heterocycles. The first kappa shape index (κ1) is 16.0. The summed E-state index contributed by atoms with van der Waals surface area (Å²) in [6.07, 6.45) is 0.528. The van der Waals surface area contributed by atoms with E-state index < -0.39 is 0 Å². The topological polar surface area (TPSA) is 38.8 Å². The van der Waals surface area contributed by atoms with Crippen molar-refractivity contribution in [3.05, 3.63) is 29.8 Å². The Morgan fingerprint density at radius 3 is 2.68 bits per heavy atom. The molecule has 2 rings (SSSR count). The SMILES string of the molecule is COc1ccccc1C(=O)CCN1CCOCC1.Cl. The third-order valence-electron chi connectivity index (χ3n) is 3.17. The standard InChI is InChI=1S/C14H19NO3.ClH/c1-17-14-5-3-2-4-12(14)13(16)6-7-15-8-10-18-11-9-15;/h2-5H,6-11H2,1H3;1H. The summed E-state index contributed by atoms with van der Waals surface area (Å²) in [5.41, 5.74) is 0.674. The molecule has 0 radical (unpaired) electrons. The lowest BCUT2D eigenvalue weighted by Gasteiger charge is -2.26. The number of para-hydroxylation sites is 1. The van der Waals surface area contributed by atoms with Gasteiger partial charge in [0.1, 0.15) is 5.75 Å². The zero-order valence-corrected chi connectivity index (χ0v) is 11.9. The van der Waals surface area contributed by atoms with Crippen LogP contribution in [0.4, 0.5) is 0 Å². The van der Waals surface area contributed by atoms with Gasteiger partial charge in [0.2, 0.25) is 0 Å². The number of Topliss-reactive ketones (excluding diaryl/α,β-unsaturated/α-hetero) is 1. The first-order valence-corrected chi connectivity index (χ1v) is 6.27. The van der Waals surface area contributed by atoms with Crippen molar-refractivity contribution in [1.29, 1.82) is 0 Å². The Kier molecular flexibility index (Phi) is 6.84. The summed E-state index contributed by atoms with van der Waals surface area (Å²) in [6, 6.07) is 7.38. The van der Waals surface area contributed by atoms with E-state index >= 15 is 0 Å². The molecule has 1 heterocycles. The second kappa shape index (κ2) is 8.15. The lowest BCUT2D eigenvalue weighted by Crippen LogP contribution is -2.37. The second-order valence-corrected chi connectivity index (χ2v) is 4.33. The molecule has 4 nitrogen and oxygen atoms in total. The van der Waals surface area contributed by atoms with Crippen molar-refractivity contribution in [1.82, 2.24) is 4.90 Å². The molecule has 0 N–H and O–H groups in total. The van der Waals surface area contributed by atoms with Gasteiger partial charge < -0.3 is 9.47 Å². The van der Waals surface area contributed by atoms with Gasteiger partial charge in [0.25, 0.3) is 0 Å². The summed E-state index contributed by atoms with van der Waals surface area (Å²) in [5.74, 6) is 0.795. The Morgan fingerprint density at radius 1 is 1.32 bits per heavy atom. The average molecular weight is 286 g/mol. The molecule has 5 heteroatoms. The number of ketones is 1. The maximum absolute atomic E-state index is 12.1. The highest BCUT2D eigenvalue weighted by molar-refractivity contribution is 5.98. The zero-order chi connectivity index (χ0) is 12.8. The number of methoxy groups -OCH3 is 1. The van der Waals surface area contributed by atoms with Crippen molar-refractivity contribution >= 4 is 18.2 Å². The van der Waals surface area contributed by atoms with Crippen LogP contribution in [0.3, 0.4) is 0 Å². The Morgan fingerprint density at radius 2 is 2.00 bits per heavy atom. The van der Waals surface area contributed by atoms with Gasteiger partial charge in [-0.3, -0.25) is 9.69 Å². The molecule has 1 aromatic carbocycles. The number of hydrogen-bond donors (Lipinski definition) is 0. The number of rotatable bonds is 5. The fourth-order valence-electron chi connectivity index (χ4n) is 2.09. The van der Waals surface area contributed by atoms with Crippen molar-refractivity contribution < 1.29 is 14.3 Å². The van der Waals surface area contributed by atoms with Crippen LogP contribution in [0.5, 0.6) is 5.75 Å². The highest BCUT2D eigenvalue weighted by Crippen LogP contribution is 2.19. The molecule has 1 aliphatic rings. The third kappa shape index (κ3) is 4.49. The molecule has 0 amide bonds. The van der Waals surface area contributed by atoms with E-state index in [1.165, 1.54) is 0 Å². The molecular weight excluding hydrogens is 266 g/mol. The van der Waals surface area contributed by atoms with Gasteiger partial charge in [-0.25, -0.2) is 0 Å². The number of carbonyl (C=O) groups is 1. The molecule has 1 fully saturated rings.